The van der Waals surface area contributed by atoms with Gasteiger partial charge in [0.2, 0.25) is 5.91 Å². The summed E-state index contributed by atoms with van der Waals surface area (Å²) >= 11 is 5.77. The van der Waals surface area contributed by atoms with Gasteiger partial charge < -0.3 is 4.74 Å². The monoisotopic (exact) mass is 228 g/mol. The Hall–Kier alpha value is -1.26. The highest BCUT2D eigenvalue weighted by Gasteiger charge is 2.00. The van der Waals surface area contributed by atoms with Crippen LogP contribution >= 0.6 is 11.6 Å². The summed E-state index contributed by atoms with van der Waals surface area (Å²) in [6, 6.07) is 7.06. The molecule has 15 heavy (non-hydrogen) atoms. The molecule has 0 aromatic heterocycles. The van der Waals surface area contributed by atoms with Crippen LogP contribution in [0.3, 0.4) is 0 Å². The summed E-state index contributed by atoms with van der Waals surface area (Å²) in [5.41, 5.74) is 5.00. The van der Waals surface area contributed by atoms with Crippen molar-refractivity contribution in [3.63, 3.8) is 0 Å². The van der Waals surface area contributed by atoms with Gasteiger partial charge in [0.05, 0.1) is 13.0 Å². The summed E-state index contributed by atoms with van der Waals surface area (Å²) < 4.78 is 5.33. The first-order valence-electron chi connectivity index (χ1n) is 4.56. The molecule has 1 aromatic carbocycles. The molecule has 2 N–H and O–H groups in total. The zero-order chi connectivity index (χ0) is 11.1. The maximum Gasteiger partial charge on any atom is 0.237 e. The number of hydrogen-bond acceptors (Lipinski definition) is 3. The third-order valence-electron chi connectivity index (χ3n) is 1.66. The molecule has 0 unspecified atom stereocenters. The van der Waals surface area contributed by atoms with Gasteiger partial charge in [0.15, 0.2) is 0 Å². The number of amides is 1. The third-order valence-corrected chi connectivity index (χ3v) is 1.89. The van der Waals surface area contributed by atoms with E-state index in [9.17, 15) is 4.79 Å². The molecule has 0 saturated carbocycles. The molecule has 0 atom stereocenters. The van der Waals surface area contributed by atoms with Gasteiger partial charge in [0.1, 0.15) is 5.75 Å². The van der Waals surface area contributed by atoms with E-state index in [-0.39, 0.29) is 5.91 Å². The molecule has 1 amide bonds. The van der Waals surface area contributed by atoms with Crippen LogP contribution in [0.25, 0.3) is 0 Å². The summed E-state index contributed by atoms with van der Waals surface area (Å²) in [6.45, 7) is 0.327. The van der Waals surface area contributed by atoms with Crippen molar-refractivity contribution in [1.82, 2.24) is 10.9 Å². The number of rotatable bonds is 5. The second-order valence-electron chi connectivity index (χ2n) is 2.85. The Labute approximate surface area is 93.5 Å². The molecule has 0 heterocycles. The molecule has 0 aliphatic carbocycles. The second-order valence-corrected chi connectivity index (χ2v) is 3.29. The van der Waals surface area contributed by atoms with Crippen LogP contribution in [0.4, 0.5) is 0 Å². The van der Waals surface area contributed by atoms with Crippen molar-refractivity contribution in [2.24, 2.45) is 0 Å². The molecule has 0 spiro atoms. The minimum Gasteiger partial charge on any atom is -0.493 e. The van der Waals surface area contributed by atoms with Gasteiger partial charge in [0, 0.05) is 12.1 Å². The fraction of sp³-hybridized carbons (Fsp3) is 0.300. The van der Waals surface area contributed by atoms with E-state index in [4.69, 9.17) is 16.3 Å². The van der Waals surface area contributed by atoms with Gasteiger partial charge in [-0.15, -0.1) is 0 Å². The summed E-state index contributed by atoms with van der Waals surface area (Å²) in [4.78, 5) is 11.0. The van der Waals surface area contributed by atoms with Crippen LogP contribution in [0.15, 0.2) is 24.3 Å². The van der Waals surface area contributed by atoms with Crippen molar-refractivity contribution in [2.45, 2.75) is 6.42 Å². The molecule has 0 fully saturated rings. The van der Waals surface area contributed by atoms with E-state index in [0.717, 1.165) is 0 Å². The Bertz CT molecular complexity index is 331. The molecular formula is C10H13ClN2O2. The van der Waals surface area contributed by atoms with Crippen LogP contribution in [0.1, 0.15) is 6.42 Å². The molecule has 0 aliphatic rings. The maximum atomic E-state index is 11.0. The van der Waals surface area contributed by atoms with Crippen molar-refractivity contribution >= 4 is 17.5 Å². The summed E-state index contributed by atoms with van der Waals surface area (Å²) in [7, 11) is 1.63. The lowest BCUT2D eigenvalue weighted by atomic mass is 10.3. The Kier molecular flexibility index (Phi) is 4.93. The fourth-order valence-electron chi connectivity index (χ4n) is 1.02. The molecule has 1 aromatic rings. The van der Waals surface area contributed by atoms with Crippen LogP contribution in [0.2, 0.25) is 5.02 Å². The maximum absolute atomic E-state index is 11.0. The third kappa shape index (κ3) is 4.67. The zero-order valence-corrected chi connectivity index (χ0v) is 9.17. The normalized spacial score (nSPS) is 9.73. The molecule has 0 aliphatic heterocycles. The number of benzene rings is 1. The lowest BCUT2D eigenvalue weighted by Crippen LogP contribution is -2.34. The minimum absolute atomic E-state index is 0.112. The number of halogens is 1. The Morgan fingerprint density at radius 2 is 2.33 bits per heavy atom. The highest BCUT2D eigenvalue weighted by Crippen LogP contribution is 2.16. The van der Waals surface area contributed by atoms with E-state index in [1.807, 2.05) is 0 Å². The van der Waals surface area contributed by atoms with Crippen molar-refractivity contribution in [1.29, 1.82) is 0 Å². The minimum atomic E-state index is -0.112. The molecule has 0 saturated heterocycles. The largest absolute Gasteiger partial charge is 0.493 e. The van der Waals surface area contributed by atoms with Crippen LogP contribution in [0.5, 0.6) is 5.75 Å². The molecule has 1 rings (SSSR count). The number of carbonyl (C=O) groups excluding carboxylic acids is 1. The summed E-state index contributed by atoms with van der Waals surface area (Å²) in [6.07, 6.45) is 0.299. The number of nitrogens with one attached hydrogen (secondary N) is 2. The molecule has 82 valence electrons. The van der Waals surface area contributed by atoms with E-state index >= 15 is 0 Å². The Morgan fingerprint density at radius 3 is 3.00 bits per heavy atom. The number of carbonyl (C=O) groups is 1. The fourth-order valence-corrected chi connectivity index (χ4v) is 1.20. The average Bonchev–Trinajstić information content (AvgIpc) is 2.18. The first-order chi connectivity index (χ1) is 7.22. The molecule has 0 bridgehead atoms. The summed E-state index contributed by atoms with van der Waals surface area (Å²) in [5.74, 6) is 0.555. The standard InChI is InChI=1S/C10H13ClN2O2/c1-12-13-10(14)5-6-15-9-4-2-3-8(11)7-9/h2-4,7,12H,5-6H2,1H3,(H,13,14). The number of ether oxygens (including phenoxy) is 1. The number of hydrazine groups is 1. The van der Waals surface area contributed by atoms with Crippen molar-refractivity contribution in [3.8, 4) is 5.75 Å². The predicted octanol–water partition coefficient (Wildman–Crippen LogP) is 1.36. The van der Waals surface area contributed by atoms with Crippen LogP contribution in [-0.2, 0) is 4.79 Å². The van der Waals surface area contributed by atoms with Crippen molar-refractivity contribution < 1.29 is 9.53 Å². The van der Waals surface area contributed by atoms with Crippen LogP contribution < -0.4 is 15.6 Å². The smallest absolute Gasteiger partial charge is 0.237 e. The molecular weight excluding hydrogens is 216 g/mol. The van der Waals surface area contributed by atoms with Crippen molar-refractivity contribution in [2.75, 3.05) is 13.7 Å². The topological polar surface area (TPSA) is 50.4 Å². The zero-order valence-electron chi connectivity index (χ0n) is 8.42. The highest BCUT2D eigenvalue weighted by molar-refractivity contribution is 6.30. The van der Waals surface area contributed by atoms with Gasteiger partial charge in [-0.05, 0) is 18.2 Å². The van der Waals surface area contributed by atoms with Gasteiger partial charge in [0.25, 0.3) is 0 Å². The quantitative estimate of drug-likeness (QED) is 0.749. The molecule has 0 radical (unpaired) electrons. The van der Waals surface area contributed by atoms with Crippen molar-refractivity contribution in [3.05, 3.63) is 29.3 Å². The average molecular weight is 229 g/mol. The Balaban J connectivity index is 2.28. The first kappa shape index (κ1) is 11.8. The van der Waals surface area contributed by atoms with Gasteiger partial charge in [-0.1, -0.05) is 17.7 Å². The lowest BCUT2D eigenvalue weighted by Gasteiger charge is -2.06. The van der Waals surface area contributed by atoms with E-state index in [0.29, 0.717) is 23.8 Å². The van der Waals surface area contributed by atoms with Crippen LogP contribution in [0, 0.1) is 0 Å². The SMILES string of the molecule is CNNC(=O)CCOc1cccc(Cl)c1. The van der Waals surface area contributed by atoms with E-state index < -0.39 is 0 Å². The van der Waals surface area contributed by atoms with Gasteiger partial charge in [-0.25, -0.2) is 5.43 Å². The predicted molar refractivity (Wildman–Crippen MR) is 58.8 cm³/mol. The molecule has 5 heteroatoms. The van der Waals surface area contributed by atoms with E-state index in [2.05, 4.69) is 10.9 Å². The lowest BCUT2D eigenvalue weighted by molar-refractivity contribution is -0.122. The second kappa shape index (κ2) is 6.27. The van der Waals surface area contributed by atoms with E-state index in [1.165, 1.54) is 0 Å². The van der Waals surface area contributed by atoms with Gasteiger partial charge in [-0.3, -0.25) is 10.2 Å². The van der Waals surface area contributed by atoms with Gasteiger partial charge in [-0.2, -0.15) is 0 Å². The highest BCUT2D eigenvalue weighted by atomic mass is 35.5. The van der Waals surface area contributed by atoms with Gasteiger partial charge >= 0.3 is 0 Å². The Morgan fingerprint density at radius 1 is 1.53 bits per heavy atom. The summed E-state index contributed by atoms with van der Waals surface area (Å²) in [5, 5.41) is 0.618. The molecule has 4 nitrogen and oxygen atoms in total. The first-order valence-corrected chi connectivity index (χ1v) is 4.94. The van der Waals surface area contributed by atoms with Crippen LogP contribution in [-0.4, -0.2) is 19.6 Å². The van der Waals surface area contributed by atoms with E-state index in [1.54, 1.807) is 31.3 Å². The number of hydrogen-bond donors (Lipinski definition) is 2.